The van der Waals surface area contributed by atoms with Gasteiger partial charge in [0.05, 0.1) is 0 Å². The van der Waals surface area contributed by atoms with Gasteiger partial charge in [-0.2, -0.15) is 0 Å². The molecule has 1 aliphatic heterocycles. The first kappa shape index (κ1) is 19.0. The lowest BCUT2D eigenvalue weighted by atomic mass is 10.1. The fourth-order valence-corrected chi connectivity index (χ4v) is 3.18. The summed E-state index contributed by atoms with van der Waals surface area (Å²) < 4.78 is 13.0. The Morgan fingerprint density at radius 1 is 1.04 bits per heavy atom. The molecule has 0 aliphatic carbocycles. The summed E-state index contributed by atoms with van der Waals surface area (Å²) in [6.07, 6.45) is 0.404. The molecule has 142 valence electrons. The van der Waals surface area contributed by atoms with Gasteiger partial charge < -0.3 is 10.2 Å². The van der Waals surface area contributed by atoms with E-state index in [4.69, 9.17) is 0 Å². The zero-order chi connectivity index (χ0) is 19.2. The van der Waals surface area contributed by atoms with Crippen molar-refractivity contribution in [1.82, 2.24) is 4.90 Å². The summed E-state index contributed by atoms with van der Waals surface area (Å²) in [5.74, 6) is -0.306. The van der Waals surface area contributed by atoms with E-state index < -0.39 is 0 Å². The van der Waals surface area contributed by atoms with E-state index in [2.05, 4.69) is 15.1 Å². The molecular formula is C21H24FN3O2. The van der Waals surface area contributed by atoms with Gasteiger partial charge in [-0.3, -0.25) is 14.5 Å². The van der Waals surface area contributed by atoms with E-state index in [-0.39, 0.29) is 17.5 Å². The van der Waals surface area contributed by atoms with Crippen molar-refractivity contribution in [3.05, 3.63) is 59.9 Å². The number of Topliss-reactive ketones (excluding diaryl/α,β-unsaturated/α-hetero) is 1. The molecule has 0 bridgehead atoms. The van der Waals surface area contributed by atoms with Gasteiger partial charge in [0, 0.05) is 56.1 Å². The molecule has 27 heavy (non-hydrogen) atoms. The standard InChI is InChI=1S/C21H24FN3O2/c1-16(26)17-3-2-4-19(15-17)23-21(27)9-10-24-11-13-25(14-12-24)20-7-5-18(22)6-8-20/h2-8,15H,9-14H2,1H3,(H,23,27). The van der Waals surface area contributed by atoms with E-state index in [1.54, 1.807) is 36.4 Å². The Kier molecular flexibility index (Phi) is 6.19. The SMILES string of the molecule is CC(=O)c1cccc(NC(=O)CCN2CCN(c3ccc(F)cc3)CC2)c1. The van der Waals surface area contributed by atoms with Gasteiger partial charge in [-0.05, 0) is 43.3 Å². The van der Waals surface area contributed by atoms with E-state index in [1.807, 2.05) is 0 Å². The molecule has 5 nitrogen and oxygen atoms in total. The van der Waals surface area contributed by atoms with Crippen molar-refractivity contribution in [3.63, 3.8) is 0 Å². The van der Waals surface area contributed by atoms with Crippen LogP contribution in [0.25, 0.3) is 0 Å². The third-order valence-electron chi connectivity index (χ3n) is 4.77. The summed E-state index contributed by atoms with van der Waals surface area (Å²) >= 11 is 0. The largest absolute Gasteiger partial charge is 0.369 e. The zero-order valence-electron chi connectivity index (χ0n) is 15.5. The van der Waals surface area contributed by atoms with Gasteiger partial charge in [-0.25, -0.2) is 4.39 Å². The number of hydrogen-bond acceptors (Lipinski definition) is 4. The summed E-state index contributed by atoms with van der Waals surface area (Å²) in [4.78, 5) is 28.1. The summed E-state index contributed by atoms with van der Waals surface area (Å²) in [6, 6.07) is 13.5. The molecule has 3 rings (SSSR count). The van der Waals surface area contributed by atoms with Gasteiger partial charge in [0.2, 0.25) is 5.91 Å². The van der Waals surface area contributed by atoms with E-state index in [1.165, 1.54) is 19.1 Å². The number of nitrogens with one attached hydrogen (secondary N) is 1. The molecule has 1 heterocycles. The molecule has 2 aromatic rings. The van der Waals surface area contributed by atoms with Crippen LogP contribution in [0.1, 0.15) is 23.7 Å². The van der Waals surface area contributed by atoms with Crippen LogP contribution >= 0.6 is 0 Å². The summed E-state index contributed by atoms with van der Waals surface area (Å²) in [5, 5.41) is 2.85. The van der Waals surface area contributed by atoms with Gasteiger partial charge in [0.1, 0.15) is 5.82 Å². The number of anilines is 2. The molecule has 1 saturated heterocycles. The Balaban J connectivity index is 1.43. The Bertz CT molecular complexity index is 799. The maximum atomic E-state index is 13.0. The highest BCUT2D eigenvalue weighted by Crippen LogP contribution is 2.17. The number of carbonyl (C=O) groups excluding carboxylic acids is 2. The first-order chi connectivity index (χ1) is 13.0. The van der Waals surface area contributed by atoms with Gasteiger partial charge in [-0.15, -0.1) is 0 Å². The van der Waals surface area contributed by atoms with E-state index in [0.29, 0.717) is 24.2 Å². The first-order valence-corrected chi connectivity index (χ1v) is 9.15. The van der Waals surface area contributed by atoms with E-state index in [0.717, 1.165) is 31.9 Å². The predicted octanol–water partition coefficient (Wildman–Crippen LogP) is 3.18. The third kappa shape index (κ3) is 5.37. The van der Waals surface area contributed by atoms with Crippen LogP contribution in [0.15, 0.2) is 48.5 Å². The van der Waals surface area contributed by atoms with E-state index in [9.17, 15) is 14.0 Å². The Morgan fingerprint density at radius 3 is 2.41 bits per heavy atom. The van der Waals surface area contributed by atoms with Crippen molar-refractivity contribution in [2.45, 2.75) is 13.3 Å². The highest BCUT2D eigenvalue weighted by Gasteiger charge is 2.18. The van der Waals surface area contributed by atoms with Gasteiger partial charge >= 0.3 is 0 Å². The molecule has 6 heteroatoms. The number of ketones is 1. The van der Waals surface area contributed by atoms with Crippen molar-refractivity contribution in [2.24, 2.45) is 0 Å². The van der Waals surface area contributed by atoms with Gasteiger partial charge in [0.25, 0.3) is 0 Å². The zero-order valence-corrected chi connectivity index (χ0v) is 15.5. The summed E-state index contributed by atoms with van der Waals surface area (Å²) in [6.45, 7) is 5.64. The molecule has 0 aromatic heterocycles. The number of halogens is 1. The van der Waals surface area contributed by atoms with Crippen LogP contribution in [-0.4, -0.2) is 49.3 Å². The Morgan fingerprint density at radius 2 is 1.74 bits per heavy atom. The monoisotopic (exact) mass is 369 g/mol. The van der Waals surface area contributed by atoms with Crippen molar-refractivity contribution < 1.29 is 14.0 Å². The second kappa shape index (κ2) is 8.77. The van der Waals surface area contributed by atoms with Crippen LogP contribution in [0, 0.1) is 5.82 Å². The van der Waals surface area contributed by atoms with Crippen LogP contribution < -0.4 is 10.2 Å². The molecule has 1 amide bonds. The fraction of sp³-hybridized carbons (Fsp3) is 0.333. The first-order valence-electron chi connectivity index (χ1n) is 9.15. The minimum Gasteiger partial charge on any atom is -0.369 e. The topological polar surface area (TPSA) is 52.7 Å². The van der Waals surface area contributed by atoms with E-state index >= 15 is 0 Å². The molecule has 0 spiro atoms. The molecule has 1 aliphatic rings. The van der Waals surface area contributed by atoms with Crippen LogP contribution in [-0.2, 0) is 4.79 Å². The Hall–Kier alpha value is -2.73. The number of piperazine rings is 1. The molecule has 2 aromatic carbocycles. The van der Waals surface area contributed by atoms with Crippen LogP contribution in [0.5, 0.6) is 0 Å². The van der Waals surface area contributed by atoms with Gasteiger partial charge in [0.15, 0.2) is 5.78 Å². The average molecular weight is 369 g/mol. The van der Waals surface area contributed by atoms with Crippen molar-refractivity contribution in [3.8, 4) is 0 Å². The molecule has 0 radical (unpaired) electrons. The predicted molar refractivity (Wildman–Crippen MR) is 105 cm³/mol. The second-order valence-electron chi connectivity index (χ2n) is 6.74. The number of benzene rings is 2. The minimum absolute atomic E-state index is 0.0230. The molecule has 0 unspecified atom stereocenters. The summed E-state index contributed by atoms with van der Waals surface area (Å²) in [5.41, 5.74) is 2.26. The highest BCUT2D eigenvalue weighted by atomic mass is 19.1. The molecule has 0 saturated carbocycles. The maximum Gasteiger partial charge on any atom is 0.225 e. The summed E-state index contributed by atoms with van der Waals surface area (Å²) in [7, 11) is 0. The minimum atomic E-state index is -0.225. The van der Waals surface area contributed by atoms with Crippen LogP contribution in [0.4, 0.5) is 15.8 Å². The quantitative estimate of drug-likeness (QED) is 0.795. The average Bonchev–Trinajstić information content (AvgIpc) is 2.68. The maximum absolute atomic E-state index is 13.0. The molecular weight excluding hydrogens is 345 g/mol. The smallest absolute Gasteiger partial charge is 0.225 e. The van der Waals surface area contributed by atoms with Crippen LogP contribution in [0.3, 0.4) is 0 Å². The number of nitrogens with zero attached hydrogens (tertiary/aromatic N) is 2. The lowest BCUT2D eigenvalue weighted by Gasteiger charge is -2.36. The molecule has 0 atom stereocenters. The van der Waals surface area contributed by atoms with Gasteiger partial charge in [-0.1, -0.05) is 12.1 Å². The van der Waals surface area contributed by atoms with Crippen molar-refractivity contribution in [2.75, 3.05) is 42.9 Å². The van der Waals surface area contributed by atoms with Crippen LogP contribution in [0.2, 0.25) is 0 Å². The highest BCUT2D eigenvalue weighted by molar-refractivity contribution is 5.97. The number of hydrogen-bond donors (Lipinski definition) is 1. The number of carbonyl (C=O) groups is 2. The Labute approximate surface area is 158 Å². The lowest BCUT2D eigenvalue weighted by molar-refractivity contribution is -0.116. The molecule has 1 fully saturated rings. The fourth-order valence-electron chi connectivity index (χ4n) is 3.18. The second-order valence-corrected chi connectivity index (χ2v) is 6.74. The normalized spacial score (nSPS) is 14.8. The van der Waals surface area contributed by atoms with Crippen molar-refractivity contribution in [1.29, 1.82) is 0 Å². The third-order valence-corrected chi connectivity index (χ3v) is 4.77. The lowest BCUT2D eigenvalue weighted by Crippen LogP contribution is -2.47. The molecule has 1 N–H and O–H groups in total. The number of amides is 1. The number of rotatable bonds is 6. The van der Waals surface area contributed by atoms with Crippen molar-refractivity contribution >= 4 is 23.1 Å².